The zero-order valence-electron chi connectivity index (χ0n) is 37.3. The number of aliphatic hydroxyl groups is 2. The number of quaternary nitrogens is 1. The average molecular weight is 909 g/mol. The molecule has 0 aliphatic carbocycles. The van der Waals surface area contributed by atoms with Crippen LogP contribution in [0.2, 0.25) is 0 Å². The number of ether oxygens (including phenoxy) is 2. The second-order valence-electron chi connectivity index (χ2n) is 11.7. The molecule has 330 valence electrons. The monoisotopic (exact) mass is 908 g/mol. The van der Waals surface area contributed by atoms with E-state index in [1.807, 2.05) is 103 Å². The second kappa shape index (κ2) is 38.3. The second-order valence-corrected chi connectivity index (χ2v) is 12.1. The van der Waals surface area contributed by atoms with Crippen LogP contribution in [0.3, 0.4) is 0 Å². The van der Waals surface area contributed by atoms with E-state index in [0.29, 0.717) is 17.8 Å². The Hall–Kier alpha value is -5.65. The molecular weight excluding hydrogens is 849 g/mol. The highest BCUT2D eigenvalue weighted by Crippen LogP contribution is 2.29. The fourth-order valence-electron chi connectivity index (χ4n) is 4.48. The molecule has 7 rings (SSSR count). The minimum atomic E-state index is -1.14. The Labute approximate surface area is 382 Å². The van der Waals surface area contributed by atoms with E-state index in [9.17, 15) is 9.90 Å². The normalized spacial score (nSPS) is 15.0. The molecule has 2 fully saturated rings. The summed E-state index contributed by atoms with van der Waals surface area (Å²) in [5, 5.41) is 25.8. The molecule has 5 aromatic rings. The number of thiol groups is 2. The van der Waals surface area contributed by atoms with Gasteiger partial charge >= 0.3 is 0 Å². The largest absolute Gasteiger partial charge is 0.544 e. The van der Waals surface area contributed by atoms with Crippen LogP contribution >= 0.6 is 37.2 Å². The summed E-state index contributed by atoms with van der Waals surface area (Å²) in [6.07, 6.45) is 3.83. The van der Waals surface area contributed by atoms with E-state index in [0.717, 1.165) is 36.3 Å². The zero-order chi connectivity index (χ0) is 48.3. The molecule has 0 saturated carbocycles. The number of rotatable bonds is 13. The molecule has 0 amide bonds. The first-order valence-corrected chi connectivity index (χ1v) is 21.2. The van der Waals surface area contributed by atoms with Gasteiger partial charge < -0.3 is 35.3 Å². The fourth-order valence-corrected chi connectivity index (χ4v) is 4.53. The first kappa shape index (κ1) is 50.7. The van der Waals surface area contributed by atoms with Crippen LogP contribution in [0, 0.1) is 0 Å². The molecule has 5 aromatic carbocycles. The van der Waals surface area contributed by atoms with Crippen molar-refractivity contribution in [1.82, 2.24) is 0 Å². The van der Waals surface area contributed by atoms with Crippen LogP contribution in [0.15, 0.2) is 166 Å². The van der Waals surface area contributed by atoms with E-state index in [1.165, 1.54) is 11.1 Å². The predicted octanol–water partition coefficient (Wildman–Crippen LogP) is 8.96. The number of hydrogen-bond acceptors (Lipinski definition) is 12. The number of carbonyl (C=O) groups excluding carboxylic acids is 1. The summed E-state index contributed by atoms with van der Waals surface area (Å²) in [7, 11) is 0. The third kappa shape index (κ3) is 27.2. The third-order valence-corrected chi connectivity index (χ3v) is 7.79. The average Bonchev–Trinajstić information content (AvgIpc) is 4.33. The van der Waals surface area contributed by atoms with Crippen molar-refractivity contribution in [3.8, 4) is 0 Å². The molecule has 0 bridgehead atoms. The van der Waals surface area contributed by atoms with Crippen molar-refractivity contribution in [2.75, 3.05) is 45.1 Å². The van der Waals surface area contributed by atoms with Crippen molar-refractivity contribution in [1.29, 1.82) is 2.86 Å². The minimum Gasteiger partial charge on any atom is -0.544 e. The Morgan fingerprint density at radius 3 is 1.50 bits per heavy atom. The number of aliphatic hydroxyl groups excluding tert-OH is 2. The van der Waals surface area contributed by atoms with Gasteiger partial charge in [0.25, 0.3) is 0 Å². The van der Waals surface area contributed by atoms with Crippen LogP contribution in [0.1, 0.15) is 59.6 Å². The van der Waals surface area contributed by atoms with Crippen molar-refractivity contribution in [3.05, 3.63) is 211 Å². The number of carbonyl (C=O) groups is 1. The summed E-state index contributed by atoms with van der Waals surface area (Å²) in [6, 6.07) is 46.6. The topological polar surface area (TPSA) is 280 Å². The van der Waals surface area contributed by atoms with Crippen molar-refractivity contribution < 1.29 is 36.7 Å². The summed E-state index contributed by atoms with van der Waals surface area (Å²) in [6.45, 7) is 2.03. The first-order valence-electron chi connectivity index (χ1n) is 20.0. The van der Waals surface area contributed by atoms with Gasteiger partial charge in [-0.05, 0) is 62.1 Å². The van der Waals surface area contributed by atoms with Crippen molar-refractivity contribution >= 4 is 43.2 Å². The molecule has 1 unspecified atom stereocenters. The molecule has 62 heavy (non-hydrogen) atoms. The van der Waals surface area contributed by atoms with Gasteiger partial charge in [0.1, 0.15) is 18.2 Å². The summed E-state index contributed by atoms with van der Waals surface area (Å²) in [4.78, 5) is 18.0. The van der Waals surface area contributed by atoms with E-state index in [2.05, 4.69) is 95.0 Å². The van der Waals surface area contributed by atoms with E-state index < -0.39 is 24.2 Å². The summed E-state index contributed by atoms with van der Waals surface area (Å²) in [5.41, 5.74) is 32.3. The number of carboxylic acids is 1. The lowest BCUT2D eigenvalue weighted by molar-refractivity contribution is -0.443. The number of epoxide rings is 2. The maximum absolute atomic E-state index is 10.3. The smallest absolute Gasteiger partial charge is 0.211 e. The number of hydrogen-bond donors (Lipinski definition) is 5. The summed E-state index contributed by atoms with van der Waals surface area (Å²) < 4.78 is 33.0. The molecule has 0 spiro atoms. The molecule has 16 nitrogen and oxygen atoms in total. The van der Waals surface area contributed by atoms with Crippen LogP contribution in [-0.2, 0) is 14.3 Å². The van der Waals surface area contributed by atoms with E-state index in [4.69, 9.17) is 30.3 Å². The van der Waals surface area contributed by atoms with Crippen molar-refractivity contribution in [2.45, 2.75) is 30.4 Å². The predicted molar refractivity (Wildman–Crippen MR) is 251 cm³/mol. The lowest BCUT2D eigenvalue weighted by Gasteiger charge is -2.08. The molecule has 2 heterocycles. The van der Waals surface area contributed by atoms with Gasteiger partial charge in [-0.3, -0.25) is 0 Å². The summed E-state index contributed by atoms with van der Waals surface area (Å²) in [5.74, 6) is -1.14. The third-order valence-electron chi connectivity index (χ3n) is 7.61. The summed E-state index contributed by atoms with van der Waals surface area (Å²) >= 11 is 7.94. The van der Waals surface area contributed by atoms with E-state index in [1.54, 1.807) is 36.8 Å². The number of carboxylic acid groups (broad SMARTS) is 1. The van der Waals surface area contributed by atoms with Gasteiger partial charge in [-0.2, -0.15) is 25.3 Å². The molecule has 2 aliphatic rings. The highest BCUT2D eigenvalue weighted by Gasteiger charge is 2.24. The van der Waals surface area contributed by atoms with E-state index in [-0.39, 0.29) is 19.4 Å². The molecule has 5 atom stereocenters. The Morgan fingerprint density at radius 2 is 1.18 bits per heavy atom. The Balaban J connectivity index is 0.000000753. The van der Waals surface area contributed by atoms with Crippen LogP contribution < -0.4 is 10.8 Å². The number of azide groups is 3. The molecular formula is C43H54N10O6S3. The van der Waals surface area contributed by atoms with Crippen molar-refractivity contribution in [2.24, 2.45) is 14.7 Å². The van der Waals surface area contributed by atoms with Crippen LogP contribution in [0.4, 0.5) is 0 Å². The van der Waals surface area contributed by atoms with Crippen LogP contribution in [0.5, 0.6) is 0 Å². The quantitative estimate of drug-likeness (QED) is 0.0191. The van der Waals surface area contributed by atoms with Gasteiger partial charge in [0, 0.05) is 21.7 Å². The van der Waals surface area contributed by atoms with Crippen LogP contribution in [0.25, 0.3) is 31.3 Å². The standard InChI is InChI=1S/2C8H9N3O.C8H9NO2.2C8H8O.CH3N3S.2CH4S/c9-11-10-8(6-12)7-4-2-1-3-5-7;9-11-10-6-8(12)7-4-2-1-3-5-7;9-7(8(10)11)6-4-2-1-3-5-6;2*1-2-4-7(5-3-1)8-6-9-8;1-5-4-3-2;2*1-2/h2*1-5,8,12H,6H2;1-5,7H,9H2,(H,10,11);2*1-5,8H,6H2;1H3;2*2H,1H3/t2*8-;7-;8-;;;;/m1000..../s1/i2*12T;;;;1T;;. The maximum Gasteiger partial charge on any atom is 0.211 e. The number of nitrogens with zero attached hydrogens (tertiary/aromatic N) is 9. The SMILES string of the molecule is CS.CS.[3H]CSN=[N+]=[N-].[3H]OC[C@@H](N=[N+]=[N-])c1ccccc1.[3H]O[C@@H](CN=[N+]=[N-])c1ccccc1.[NH3+][C@H](C(=O)[O-])c1ccccc1.c1ccc(C2CO2)cc1.c1ccc([C@@H]2CO2)cc1. The van der Waals surface area contributed by atoms with Gasteiger partial charge in [-0.1, -0.05) is 174 Å². The van der Waals surface area contributed by atoms with Crippen molar-refractivity contribution in [3.63, 3.8) is 0 Å². The van der Waals surface area contributed by atoms with Gasteiger partial charge in [-0.15, -0.1) is 0 Å². The first-order chi connectivity index (χ1) is 31.8. The lowest BCUT2D eigenvalue weighted by atomic mass is 10.1. The fraction of sp³-hybridized carbons (Fsp3) is 0.279. The van der Waals surface area contributed by atoms with Crippen LogP contribution in [-0.4, -0.2) is 64.2 Å². The van der Waals surface area contributed by atoms with E-state index >= 15 is 0 Å². The van der Waals surface area contributed by atoms with Gasteiger partial charge in [0.15, 0.2) is 6.04 Å². The molecule has 5 N–H and O–H groups in total. The molecule has 2 aliphatic heterocycles. The minimum absolute atomic E-state index is 0.0775. The highest BCUT2D eigenvalue weighted by molar-refractivity contribution is 7.97. The molecule has 2 saturated heterocycles. The molecule has 0 aromatic heterocycles. The van der Waals surface area contributed by atoms with Gasteiger partial charge in [-0.25, -0.2) is 0 Å². The Bertz CT molecular complexity index is 2010. The number of aliphatic carboxylic acids is 1. The molecule has 19 heteroatoms. The number of benzene rings is 5. The zero-order valence-corrected chi connectivity index (χ0v) is 36.9. The Kier molecular flexibility index (Phi) is 31.3. The maximum atomic E-state index is 10.3. The Morgan fingerprint density at radius 1 is 0.758 bits per heavy atom. The van der Waals surface area contributed by atoms with Gasteiger partial charge in [0.05, 0.1) is 38.5 Å². The van der Waals surface area contributed by atoms with Gasteiger partial charge in [0.2, 0.25) is 2.86 Å². The highest BCUT2D eigenvalue weighted by atomic mass is 32.2. The molecule has 0 radical (unpaired) electrons. The lowest BCUT2D eigenvalue weighted by Crippen LogP contribution is -2.60.